The first-order chi connectivity index (χ1) is 16.3. The van der Waals surface area contributed by atoms with E-state index in [1.54, 1.807) is 0 Å². The number of benzene rings is 4. The lowest BCUT2D eigenvalue weighted by molar-refractivity contribution is 0.0650. The fraction of sp³-hybridized carbons (Fsp3) is 0.200. The first-order valence-electron chi connectivity index (χ1n) is 11.4. The summed E-state index contributed by atoms with van der Waals surface area (Å²) < 4.78 is 4.63. The zero-order valence-electron chi connectivity index (χ0n) is 18.8. The molecule has 0 unspecified atom stereocenters. The number of aliphatic hydroxyl groups is 2. The molecule has 0 fully saturated rings. The minimum absolute atomic E-state index is 0.0278. The molecule has 0 aliphatic heterocycles. The molecule has 3 heteroatoms. The van der Waals surface area contributed by atoms with E-state index in [4.69, 9.17) is 10.2 Å². The summed E-state index contributed by atoms with van der Waals surface area (Å²) in [6, 6.07) is 34.6. The van der Waals surface area contributed by atoms with Crippen LogP contribution in [0.3, 0.4) is 0 Å². The standard InChI is InChI=1S/2C13H10.C4H10O3/c2*1-3-7-12-10(5-1)9-11-6-2-4-8-13(11)12;5-1-3-7-4-2-6/h2*1-8H,9H2;5-6H,1-4H2. The van der Waals surface area contributed by atoms with Crippen molar-refractivity contribution < 1.29 is 14.9 Å². The first kappa shape index (κ1) is 22.9. The maximum atomic E-state index is 8.09. The van der Waals surface area contributed by atoms with Gasteiger partial charge in [-0.1, -0.05) is 97.1 Å². The summed E-state index contributed by atoms with van der Waals surface area (Å²) >= 11 is 0. The minimum atomic E-state index is 0.0278. The van der Waals surface area contributed by atoms with Crippen LogP contribution < -0.4 is 0 Å². The Hall–Kier alpha value is -3.24. The summed E-state index contributed by atoms with van der Waals surface area (Å²) in [6.45, 7) is 0.696. The number of fused-ring (bicyclic) bond motifs is 6. The number of rotatable bonds is 4. The van der Waals surface area contributed by atoms with E-state index in [1.807, 2.05) is 0 Å². The molecule has 0 atom stereocenters. The fourth-order valence-corrected chi connectivity index (χ4v) is 4.39. The fourth-order valence-electron chi connectivity index (χ4n) is 4.39. The van der Waals surface area contributed by atoms with Crippen LogP contribution in [0.2, 0.25) is 0 Å². The van der Waals surface area contributed by atoms with E-state index in [0.29, 0.717) is 13.2 Å². The number of ether oxygens (including phenoxy) is 1. The summed E-state index contributed by atoms with van der Waals surface area (Å²) in [5.41, 5.74) is 11.5. The number of hydrogen-bond donors (Lipinski definition) is 2. The van der Waals surface area contributed by atoms with Crippen LogP contribution in [-0.4, -0.2) is 36.6 Å². The van der Waals surface area contributed by atoms with E-state index in [0.717, 1.165) is 12.8 Å². The Morgan fingerprint density at radius 3 is 1.00 bits per heavy atom. The predicted octanol–water partition coefficient (Wildman–Crippen LogP) is 5.50. The molecule has 0 saturated carbocycles. The highest BCUT2D eigenvalue weighted by atomic mass is 16.5. The van der Waals surface area contributed by atoms with E-state index in [1.165, 1.54) is 44.5 Å². The Morgan fingerprint density at radius 1 is 0.455 bits per heavy atom. The zero-order chi connectivity index (χ0) is 22.9. The predicted molar refractivity (Wildman–Crippen MR) is 134 cm³/mol. The lowest BCUT2D eigenvalue weighted by Crippen LogP contribution is -2.03. The first-order valence-corrected chi connectivity index (χ1v) is 11.4. The van der Waals surface area contributed by atoms with Crippen molar-refractivity contribution in [3.63, 3.8) is 0 Å². The van der Waals surface area contributed by atoms with E-state index in [2.05, 4.69) is 102 Å². The van der Waals surface area contributed by atoms with Gasteiger partial charge < -0.3 is 14.9 Å². The summed E-state index contributed by atoms with van der Waals surface area (Å²) in [7, 11) is 0. The third-order valence-electron chi connectivity index (χ3n) is 5.88. The molecule has 33 heavy (non-hydrogen) atoms. The normalized spacial score (nSPS) is 11.7. The molecule has 0 bridgehead atoms. The third kappa shape index (κ3) is 5.58. The molecule has 0 spiro atoms. The number of hydrogen-bond acceptors (Lipinski definition) is 3. The van der Waals surface area contributed by atoms with Crippen molar-refractivity contribution in [2.75, 3.05) is 26.4 Å². The van der Waals surface area contributed by atoms with E-state index >= 15 is 0 Å². The van der Waals surface area contributed by atoms with E-state index < -0.39 is 0 Å². The molecule has 6 rings (SSSR count). The van der Waals surface area contributed by atoms with Crippen LogP contribution >= 0.6 is 0 Å². The smallest absolute Gasteiger partial charge is 0.0698 e. The SMILES string of the molecule is OCCOCCO.c1ccc2c(c1)Cc1ccccc1-2.c1ccc2c(c1)Cc1ccccc1-2. The largest absolute Gasteiger partial charge is 0.394 e. The van der Waals surface area contributed by atoms with Gasteiger partial charge in [-0.25, -0.2) is 0 Å². The van der Waals surface area contributed by atoms with Gasteiger partial charge in [0.1, 0.15) is 0 Å². The average molecular weight is 439 g/mol. The van der Waals surface area contributed by atoms with Crippen molar-refractivity contribution in [1.29, 1.82) is 0 Å². The van der Waals surface area contributed by atoms with E-state index in [-0.39, 0.29) is 13.2 Å². The van der Waals surface area contributed by atoms with Gasteiger partial charge in [-0.3, -0.25) is 0 Å². The molecule has 0 heterocycles. The molecular formula is C30H30O3. The summed E-state index contributed by atoms with van der Waals surface area (Å²) in [5.74, 6) is 0. The van der Waals surface area contributed by atoms with Gasteiger partial charge in [-0.2, -0.15) is 0 Å². The molecule has 0 aromatic heterocycles. The van der Waals surface area contributed by atoms with Crippen LogP contribution in [0.15, 0.2) is 97.1 Å². The summed E-state index contributed by atoms with van der Waals surface area (Å²) in [5, 5.41) is 16.2. The van der Waals surface area contributed by atoms with Gasteiger partial charge in [0, 0.05) is 0 Å². The van der Waals surface area contributed by atoms with Crippen LogP contribution in [0, 0.1) is 0 Å². The van der Waals surface area contributed by atoms with Crippen LogP contribution in [0.25, 0.3) is 22.3 Å². The molecule has 4 aromatic rings. The topological polar surface area (TPSA) is 49.7 Å². The summed E-state index contributed by atoms with van der Waals surface area (Å²) in [4.78, 5) is 0. The second-order valence-corrected chi connectivity index (χ2v) is 8.04. The van der Waals surface area contributed by atoms with Crippen LogP contribution in [0.4, 0.5) is 0 Å². The summed E-state index contributed by atoms with van der Waals surface area (Å²) in [6.07, 6.45) is 2.21. The van der Waals surface area contributed by atoms with E-state index in [9.17, 15) is 0 Å². The Kier molecular flexibility index (Phi) is 8.04. The van der Waals surface area contributed by atoms with Crippen LogP contribution in [-0.2, 0) is 17.6 Å². The zero-order valence-corrected chi connectivity index (χ0v) is 18.8. The van der Waals surface area contributed by atoms with Crippen molar-refractivity contribution in [3.05, 3.63) is 119 Å². The molecular weight excluding hydrogens is 408 g/mol. The van der Waals surface area contributed by atoms with Gasteiger partial charge in [-0.15, -0.1) is 0 Å². The quantitative estimate of drug-likeness (QED) is 0.357. The van der Waals surface area contributed by atoms with Crippen LogP contribution in [0.5, 0.6) is 0 Å². The van der Waals surface area contributed by atoms with Gasteiger partial charge in [0.15, 0.2) is 0 Å². The van der Waals surface area contributed by atoms with Crippen molar-refractivity contribution in [2.45, 2.75) is 12.8 Å². The molecule has 168 valence electrons. The lowest BCUT2D eigenvalue weighted by atomic mass is 10.1. The van der Waals surface area contributed by atoms with Crippen molar-refractivity contribution in [1.82, 2.24) is 0 Å². The lowest BCUT2D eigenvalue weighted by Gasteiger charge is -1.98. The molecule has 0 amide bonds. The molecule has 0 saturated heterocycles. The van der Waals surface area contributed by atoms with Crippen molar-refractivity contribution in [2.24, 2.45) is 0 Å². The number of aliphatic hydroxyl groups excluding tert-OH is 2. The maximum absolute atomic E-state index is 8.09. The minimum Gasteiger partial charge on any atom is -0.394 e. The Bertz CT molecular complexity index is 1000. The Morgan fingerprint density at radius 2 is 0.727 bits per heavy atom. The van der Waals surface area contributed by atoms with Gasteiger partial charge >= 0.3 is 0 Å². The molecule has 0 radical (unpaired) electrons. The van der Waals surface area contributed by atoms with Crippen LogP contribution in [0.1, 0.15) is 22.3 Å². The Labute approximate surface area is 195 Å². The third-order valence-corrected chi connectivity index (χ3v) is 5.88. The second kappa shape index (κ2) is 11.6. The molecule has 2 aliphatic rings. The molecule has 2 aliphatic carbocycles. The molecule has 3 nitrogen and oxygen atoms in total. The van der Waals surface area contributed by atoms with Crippen molar-refractivity contribution in [3.8, 4) is 22.3 Å². The molecule has 2 N–H and O–H groups in total. The average Bonchev–Trinajstić information content (AvgIpc) is 3.44. The van der Waals surface area contributed by atoms with Gasteiger partial charge in [0.25, 0.3) is 0 Å². The van der Waals surface area contributed by atoms with Gasteiger partial charge in [0.05, 0.1) is 26.4 Å². The van der Waals surface area contributed by atoms with Gasteiger partial charge in [0.2, 0.25) is 0 Å². The maximum Gasteiger partial charge on any atom is 0.0698 e. The monoisotopic (exact) mass is 438 g/mol. The van der Waals surface area contributed by atoms with Crippen molar-refractivity contribution >= 4 is 0 Å². The molecule has 4 aromatic carbocycles. The Balaban J connectivity index is 0.000000125. The highest BCUT2D eigenvalue weighted by molar-refractivity contribution is 5.77. The van der Waals surface area contributed by atoms with Gasteiger partial charge in [-0.05, 0) is 57.3 Å². The highest BCUT2D eigenvalue weighted by Crippen LogP contribution is 2.36. The highest BCUT2D eigenvalue weighted by Gasteiger charge is 2.16. The second-order valence-electron chi connectivity index (χ2n) is 8.04.